The van der Waals surface area contributed by atoms with Crippen molar-refractivity contribution in [3.05, 3.63) is 93.8 Å². The highest BCUT2D eigenvalue weighted by Crippen LogP contribution is 2.51. The molecule has 0 radical (unpaired) electrons. The first kappa shape index (κ1) is 28.4. The molecule has 4 rings (SSSR count). The fourth-order valence-corrected chi connectivity index (χ4v) is 4.72. The summed E-state index contributed by atoms with van der Waals surface area (Å²) in [5.74, 6) is -6.55. The van der Waals surface area contributed by atoms with Gasteiger partial charge in [-0.2, -0.15) is 10.5 Å². The molecule has 206 valence electrons. The molecular weight excluding hydrogens is 525 g/mol. The van der Waals surface area contributed by atoms with E-state index in [4.69, 9.17) is 14.2 Å². The Morgan fingerprint density at radius 2 is 1.32 bits per heavy atom. The summed E-state index contributed by atoms with van der Waals surface area (Å²) in [4.78, 5) is 16.8. The van der Waals surface area contributed by atoms with Gasteiger partial charge in [0.2, 0.25) is 0 Å². The summed E-state index contributed by atoms with van der Waals surface area (Å²) in [6.45, 7) is -0.711. The van der Waals surface area contributed by atoms with Crippen molar-refractivity contribution in [2.24, 2.45) is 0 Å². The summed E-state index contributed by atoms with van der Waals surface area (Å²) >= 11 is 0. The van der Waals surface area contributed by atoms with Crippen molar-refractivity contribution < 1.29 is 32.2 Å². The fraction of sp³-hybridized carbons (Fsp3) is 0.276. The quantitative estimate of drug-likeness (QED) is 0.229. The Labute approximate surface area is 229 Å². The van der Waals surface area contributed by atoms with Gasteiger partial charge in [-0.3, -0.25) is 0 Å². The summed E-state index contributed by atoms with van der Waals surface area (Å²) in [6, 6.07) is 15.9. The molecule has 8 nitrogen and oxygen atoms in total. The number of esters is 1. The molecule has 0 saturated heterocycles. The van der Waals surface area contributed by atoms with Crippen LogP contribution in [0.3, 0.4) is 0 Å². The Balaban J connectivity index is 2.14. The maximum atomic E-state index is 16.7. The van der Waals surface area contributed by atoms with Gasteiger partial charge in [0.25, 0.3) is 5.60 Å². The molecule has 11 heteroatoms. The Morgan fingerprint density at radius 1 is 0.850 bits per heavy atom. The SMILES string of the molecule is COCOC(C#N)(C#N)c1c(F)c(F)c2c(c1F)C(c1ccc(N(C)C)cc1)(c1ccc(N(C)C)cc1)OC2=O. The van der Waals surface area contributed by atoms with Crippen LogP contribution in [0, 0.1) is 40.1 Å². The minimum atomic E-state index is -2.94. The van der Waals surface area contributed by atoms with E-state index < -0.39 is 58.1 Å². The number of halogens is 3. The van der Waals surface area contributed by atoms with Crippen LogP contribution in [0.2, 0.25) is 0 Å². The number of nitrogens with zero attached hydrogens (tertiary/aromatic N) is 4. The molecule has 0 amide bonds. The second kappa shape index (κ2) is 10.5. The van der Waals surface area contributed by atoms with E-state index in [1.165, 1.54) is 19.2 Å². The highest BCUT2D eigenvalue weighted by Gasteiger charge is 2.56. The van der Waals surface area contributed by atoms with Crippen molar-refractivity contribution in [1.82, 2.24) is 0 Å². The van der Waals surface area contributed by atoms with Crippen molar-refractivity contribution in [3.63, 3.8) is 0 Å². The van der Waals surface area contributed by atoms with Gasteiger partial charge in [-0.25, -0.2) is 18.0 Å². The standard InChI is InChI=1S/C29H25F3N4O4/c1-35(2)19-10-6-17(7-11-19)29(18-8-12-20(13-9-18)36(3)4)22-21(27(37)40-29)24(30)26(32)23(25(22)31)28(14-33,15-34)39-16-38-5/h6-13H,16H2,1-5H3. The normalized spacial score (nSPS) is 13.7. The third kappa shape index (κ3) is 4.20. The van der Waals surface area contributed by atoms with E-state index in [1.54, 1.807) is 48.5 Å². The third-order valence-electron chi connectivity index (χ3n) is 6.76. The van der Waals surface area contributed by atoms with E-state index in [1.807, 2.05) is 38.0 Å². The zero-order chi connectivity index (χ0) is 29.4. The lowest BCUT2D eigenvalue weighted by Crippen LogP contribution is -2.34. The number of hydrogen-bond donors (Lipinski definition) is 0. The largest absolute Gasteiger partial charge is 0.440 e. The van der Waals surface area contributed by atoms with Gasteiger partial charge in [-0.15, -0.1) is 0 Å². The number of ether oxygens (including phenoxy) is 3. The number of nitriles is 2. The molecule has 0 spiro atoms. The van der Waals surface area contributed by atoms with Gasteiger partial charge in [0.05, 0.1) is 11.1 Å². The lowest BCUT2D eigenvalue weighted by atomic mass is 9.77. The van der Waals surface area contributed by atoms with Crippen molar-refractivity contribution in [1.29, 1.82) is 10.5 Å². The molecule has 3 aromatic rings. The average Bonchev–Trinajstić information content (AvgIpc) is 3.28. The third-order valence-corrected chi connectivity index (χ3v) is 6.76. The molecule has 0 aliphatic carbocycles. The Morgan fingerprint density at radius 3 is 1.73 bits per heavy atom. The molecular formula is C29H25F3N4O4. The maximum absolute atomic E-state index is 16.7. The highest BCUT2D eigenvalue weighted by molar-refractivity contribution is 5.97. The molecule has 0 fully saturated rings. The number of carbonyl (C=O) groups excluding carboxylic acids is 1. The molecule has 1 aliphatic rings. The number of anilines is 2. The van der Waals surface area contributed by atoms with Crippen LogP contribution in [0.4, 0.5) is 24.5 Å². The molecule has 0 saturated carbocycles. The van der Waals surface area contributed by atoms with Crippen molar-refractivity contribution in [2.75, 3.05) is 51.9 Å². The van der Waals surface area contributed by atoms with Crippen LogP contribution >= 0.6 is 0 Å². The molecule has 40 heavy (non-hydrogen) atoms. The van der Waals surface area contributed by atoms with Crippen LogP contribution < -0.4 is 9.80 Å². The van der Waals surface area contributed by atoms with E-state index in [0.717, 1.165) is 11.4 Å². The molecule has 0 unspecified atom stereocenters. The Hall–Kier alpha value is -4.58. The lowest BCUT2D eigenvalue weighted by molar-refractivity contribution is -0.0862. The molecule has 1 aliphatic heterocycles. The van der Waals surface area contributed by atoms with Crippen LogP contribution in [0.5, 0.6) is 0 Å². The van der Waals surface area contributed by atoms with E-state index in [0.29, 0.717) is 0 Å². The molecule has 0 bridgehead atoms. The van der Waals surface area contributed by atoms with Crippen LogP contribution in [-0.2, 0) is 25.4 Å². The van der Waals surface area contributed by atoms with Crippen molar-refractivity contribution in [2.45, 2.75) is 11.2 Å². The van der Waals surface area contributed by atoms with Gasteiger partial charge >= 0.3 is 5.97 Å². The maximum Gasteiger partial charge on any atom is 0.343 e. The van der Waals surface area contributed by atoms with Gasteiger partial charge < -0.3 is 24.0 Å². The second-order valence-corrected chi connectivity index (χ2v) is 9.48. The van der Waals surface area contributed by atoms with Crippen LogP contribution in [0.1, 0.15) is 32.6 Å². The smallest absolute Gasteiger partial charge is 0.343 e. The number of fused-ring (bicyclic) bond motifs is 1. The minimum absolute atomic E-state index is 0.219. The number of rotatable bonds is 8. The topological polar surface area (TPSA) is 98.8 Å². The number of benzene rings is 3. The van der Waals surface area contributed by atoms with Gasteiger partial charge in [0.1, 0.15) is 30.3 Å². The summed E-state index contributed by atoms with van der Waals surface area (Å²) in [5, 5.41) is 19.6. The van der Waals surface area contributed by atoms with Crippen molar-refractivity contribution >= 4 is 17.3 Å². The zero-order valence-corrected chi connectivity index (χ0v) is 22.4. The minimum Gasteiger partial charge on any atom is -0.440 e. The van der Waals surface area contributed by atoms with Crippen LogP contribution in [0.15, 0.2) is 48.5 Å². The Bertz CT molecular complexity index is 1480. The summed E-state index contributed by atoms with van der Waals surface area (Å²) in [6.07, 6.45) is 0. The molecule has 0 N–H and O–H groups in total. The predicted octanol–water partition coefficient (Wildman–Crippen LogP) is 4.56. The Kier molecular flexibility index (Phi) is 7.48. The number of cyclic esters (lactones) is 1. The second-order valence-electron chi connectivity index (χ2n) is 9.48. The van der Waals surface area contributed by atoms with E-state index in [-0.39, 0.29) is 11.1 Å². The van der Waals surface area contributed by atoms with Gasteiger partial charge in [0, 0.05) is 57.8 Å². The molecule has 3 aromatic carbocycles. The monoisotopic (exact) mass is 550 g/mol. The predicted molar refractivity (Wildman–Crippen MR) is 139 cm³/mol. The van der Waals surface area contributed by atoms with Gasteiger partial charge in [-0.1, -0.05) is 24.3 Å². The number of carbonyl (C=O) groups is 1. The molecule has 0 aromatic heterocycles. The fourth-order valence-electron chi connectivity index (χ4n) is 4.72. The zero-order valence-electron chi connectivity index (χ0n) is 22.4. The van der Waals surface area contributed by atoms with Gasteiger partial charge in [0.15, 0.2) is 17.2 Å². The first-order valence-corrected chi connectivity index (χ1v) is 11.9. The van der Waals surface area contributed by atoms with Gasteiger partial charge in [-0.05, 0) is 24.3 Å². The molecule has 0 atom stereocenters. The van der Waals surface area contributed by atoms with E-state index >= 15 is 13.2 Å². The van der Waals surface area contributed by atoms with Crippen LogP contribution in [-0.4, -0.2) is 48.1 Å². The summed E-state index contributed by atoms with van der Waals surface area (Å²) in [7, 11) is 8.40. The van der Waals surface area contributed by atoms with E-state index in [2.05, 4.69) is 0 Å². The number of hydrogen-bond acceptors (Lipinski definition) is 8. The molecule has 1 heterocycles. The van der Waals surface area contributed by atoms with Crippen molar-refractivity contribution in [3.8, 4) is 12.1 Å². The first-order chi connectivity index (χ1) is 19.0. The lowest BCUT2D eigenvalue weighted by Gasteiger charge is -2.32. The average molecular weight is 551 g/mol. The van der Waals surface area contributed by atoms with E-state index in [9.17, 15) is 15.3 Å². The van der Waals surface area contributed by atoms with Crippen LogP contribution in [0.25, 0.3) is 0 Å². The summed E-state index contributed by atoms with van der Waals surface area (Å²) < 4.78 is 63.4. The number of methoxy groups -OCH3 is 1. The summed E-state index contributed by atoms with van der Waals surface area (Å²) in [5.41, 5.74) is -6.07. The first-order valence-electron chi connectivity index (χ1n) is 11.9. The highest BCUT2D eigenvalue weighted by atomic mass is 19.2.